The van der Waals surface area contributed by atoms with E-state index < -0.39 is 0 Å². The summed E-state index contributed by atoms with van der Waals surface area (Å²) in [5, 5.41) is 12.0. The molecule has 1 aromatic carbocycles. The Hall–Kier alpha value is -1.98. The van der Waals surface area contributed by atoms with Gasteiger partial charge < -0.3 is 5.73 Å². The topological polar surface area (TPSA) is 69.6 Å². The summed E-state index contributed by atoms with van der Waals surface area (Å²) >= 11 is 0. The zero-order valence-electron chi connectivity index (χ0n) is 12.4. The number of nitrogen functional groups attached to an aromatic ring is 1. The van der Waals surface area contributed by atoms with Crippen LogP contribution in [-0.2, 0) is 0 Å². The number of anilines is 1. The average molecular weight is 289 g/mol. The molecule has 1 fully saturated rings. The molecule has 2 aromatic rings. The summed E-state index contributed by atoms with van der Waals surface area (Å²) in [6.45, 7) is 4.59. The molecule has 2 N–H and O–H groups in total. The largest absolute Gasteiger partial charge is 0.398 e. The summed E-state index contributed by atoms with van der Waals surface area (Å²) in [5.74, 6) is 0.270. The highest BCUT2D eigenvalue weighted by atomic mass is 19.1. The van der Waals surface area contributed by atoms with E-state index in [0.29, 0.717) is 22.5 Å². The van der Waals surface area contributed by atoms with E-state index >= 15 is 0 Å². The molecule has 1 aromatic heterocycles. The minimum absolute atomic E-state index is 0.285. The van der Waals surface area contributed by atoms with Gasteiger partial charge in [-0.05, 0) is 59.7 Å². The van der Waals surface area contributed by atoms with Crippen molar-refractivity contribution in [1.82, 2.24) is 20.2 Å². The second-order valence-corrected chi connectivity index (χ2v) is 6.57. The third kappa shape index (κ3) is 2.75. The van der Waals surface area contributed by atoms with Gasteiger partial charge in [0.2, 0.25) is 0 Å². The summed E-state index contributed by atoms with van der Waals surface area (Å²) < 4.78 is 15.0. The van der Waals surface area contributed by atoms with Gasteiger partial charge in [-0.3, -0.25) is 0 Å². The van der Waals surface area contributed by atoms with Gasteiger partial charge in [0, 0.05) is 11.3 Å². The Labute approximate surface area is 123 Å². The van der Waals surface area contributed by atoms with Gasteiger partial charge in [-0.2, -0.15) is 0 Å². The Morgan fingerprint density at radius 3 is 2.67 bits per heavy atom. The molecule has 1 heterocycles. The van der Waals surface area contributed by atoms with E-state index in [4.69, 9.17) is 5.73 Å². The first kappa shape index (κ1) is 14.0. The van der Waals surface area contributed by atoms with Crippen LogP contribution in [-0.4, -0.2) is 20.2 Å². The van der Waals surface area contributed by atoms with Crippen LogP contribution in [0, 0.1) is 11.2 Å². The summed E-state index contributed by atoms with van der Waals surface area (Å²) in [7, 11) is 0. The van der Waals surface area contributed by atoms with Crippen LogP contribution in [0.15, 0.2) is 18.2 Å². The van der Waals surface area contributed by atoms with Crippen molar-refractivity contribution >= 4 is 5.69 Å². The standard InChI is InChI=1S/C15H20FN5/c1-15(2)7-5-11(6-8-15)21-14(18-19-20-21)12-4-3-10(16)9-13(12)17/h3-4,9,11H,5-8,17H2,1-2H3. The van der Waals surface area contributed by atoms with Crippen molar-refractivity contribution in [2.45, 2.75) is 45.6 Å². The molecule has 0 aliphatic heterocycles. The Bertz CT molecular complexity index is 639. The highest BCUT2D eigenvalue weighted by Gasteiger charge is 2.30. The average Bonchev–Trinajstić information content (AvgIpc) is 2.88. The minimum atomic E-state index is -0.352. The molecule has 112 valence electrons. The van der Waals surface area contributed by atoms with Crippen LogP contribution in [0.5, 0.6) is 0 Å². The fourth-order valence-corrected chi connectivity index (χ4v) is 2.98. The van der Waals surface area contributed by atoms with Gasteiger partial charge in [0.25, 0.3) is 0 Å². The van der Waals surface area contributed by atoms with E-state index in [9.17, 15) is 4.39 Å². The maximum atomic E-state index is 13.2. The molecule has 21 heavy (non-hydrogen) atoms. The molecule has 0 saturated heterocycles. The zero-order valence-corrected chi connectivity index (χ0v) is 12.4. The minimum Gasteiger partial charge on any atom is -0.398 e. The van der Waals surface area contributed by atoms with E-state index in [1.54, 1.807) is 6.07 Å². The Morgan fingerprint density at radius 1 is 1.29 bits per heavy atom. The molecule has 6 heteroatoms. The summed E-state index contributed by atoms with van der Waals surface area (Å²) in [6.07, 6.45) is 4.39. The normalized spacial score (nSPS) is 18.8. The van der Waals surface area contributed by atoms with Gasteiger partial charge in [0.15, 0.2) is 5.82 Å². The molecule has 0 amide bonds. The highest BCUT2D eigenvalue weighted by Crippen LogP contribution is 2.41. The lowest BCUT2D eigenvalue weighted by Gasteiger charge is -2.34. The molecule has 1 aliphatic rings. The van der Waals surface area contributed by atoms with Gasteiger partial charge in [0.1, 0.15) is 5.82 Å². The Kier molecular flexibility index (Phi) is 3.39. The van der Waals surface area contributed by atoms with Crippen molar-refractivity contribution in [3.63, 3.8) is 0 Å². The van der Waals surface area contributed by atoms with Crippen LogP contribution in [0.2, 0.25) is 0 Å². The number of nitrogens with two attached hydrogens (primary N) is 1. The van der Waals surface area contributed by atoms with Crippen molar-refractivity contribution in [3.05, 3.63) is 24.0 Å². The zero-order chi connectivity index (χ0) is 15.0. The number of hydrogen-bond donors (Lipinski definition) is 1. The summed E-state index contributed by atoms with van der Waals surface area (Å²) in [4.78, 5) is 0. The third-order valence-corrected chi connectivity index (χ3v) is 4.40. The molecule has 5 nitrogen and oxygen atoms in total. The second-order valence-electron chi connectivity index (χ2n) is 6.57. The van der Waals surface area contributed by atoms with Crippen LogP contribution in [0.3, 0.4) is 0 Å². The first-order chi connectivity index (χ1) is 9.96. The van der Waals surface area contributed by atoms with Crippen molar-refractivity contribution in [2.75, 3.05) is 5.73 Å². The van der Waals surface area contributed by atoms with Crippen LogP contribution in [0.1, 0.15) is 45.6 Å². The summed E-state index contributed by atoms with van der Waals surface area (Å²) in [6, 6.07) is 4.61. The van der Waals surface area contributed by atoms with Crippen molar-refractivity contribution in [1.29, 1.82) is 0 Å². The van der Waals surface area contributed by atoms with Gasteiger partial charge in [-0.15, -0.1) is 5.10 Å². The molecule has 0 atom stereocenters. The smallest absolute Gasteiger partial charge is 0.184 e. The summed E-state index contributed by atoms with van der Waals surface area (Å²) in [5.41, 5.74) is 7.34. The van der Waals surface area contributed by atoms with Crippen LogP contribution >= 0.6 is 0 Å². The molecule has 1 aliphatic carbocycles. The number of halogens is 1. The fourth-order valence-electron chi connectivity index (χ4n) is 2.98. The Morgan fingerprint density at radius 2 is 2.00 bits per heavy atom. The predicted molar refractivity (Wildman–Crippen MR) is 78.9 cm³/mol. The monoisotopic (exact) mass is 289 g/mol. The number of nitrogens with zero attached hydrogens (tertiary/aromatic N) is 4. The lowest BCUT2D eigenvalue weighted by Crippen LogP contribution is -2.24. The molecule has 0 unspecified atom stereocenters. The quantitative estimate of drug-likeness (QED) is 0.862. The first-order valence-corrected chi connectivity index (χ1v) is 7.29. The van der Waals surface area contributed by atoms with Gasteiger partial charge in [0.05, 0.1) is 6.04 Å². The molecule has 1 saturated carbocycles. The lowest BCUT2D eigenvalue weighted by atomic mass is 9.75. The van der Waals surface area contributed by atoms with Crippen molar-refractivity contribution < 1.29 is 4.39 Å². The van der Waals surface area contributed by atoms with E-state index in [2.05, 4.69) is 29.4 Å². The van der Waals surface area contributed by atoms with Gasteiger partial charge in [-0.25, -0.2) is 9.07 Å². The second kappa shape index (κ2) is 5.09. The number of tetrazole rings is 1. The number of rotatable bonds is 2. The van der Waals surface area contributed by atoms with Crippen LogP contribution < -0.4 is 5.73 Å². The maximum absolute atomic E-state index is 13.2. The van der Waals surface area contributed by atoms with Crippen LogP contribution in [0.4, 0.5) is 10.1 Å². The maximum Gasteiger partial charge on any atom is 0.184 e. The number of aromatic nitrogens is 4. The van der Waals surface area contributed by atoms with Gasteiger partial charge in [-0.1, -0.05) is 13.8 Å². The number of hydrogen-bond acceptors (Lipinski definition) is 4. The van der Waals surface area contributed by atoms with Crippen LogP contribution in [0.25, 0.3) is 11.4 Å². The molecule has 0 bridgehead atoms. The van der Waals surface area contributed by atoms with Gasteiger partial charge >= 0.3 is 0 Å². The third-order valence-electron chi connectivity index (χ3n) is 4.40. The van der Waals surface area contributed by atoms with Crippen molar-refractivity contribution in [2.24, 2.45) is 5.41 Å². The molecular weight excluding hydrogens is 269 g/mol. The van der Waals surface area contributed by atoms with Crippen molar-refractivity contribution in [3.8, 4) is 11.4 Å². The van der Waals surface area contributed by atoms with E-state index in [1.165, 1.54) is 12.1 Å². The predicted octanol–water partition coefficient (Wildman–Crippen LogP) is 3.20. The molecular formula is C15H20FN5. The SMILES string of the molecule is CC1(C)CCC(n2nnnc2-c2ccc(F)cc2N)CC1. The molecule has 0 spiro atoms. The van der Waals surface area contributed by atoms with E-state index in [1.807, 2.05) is 4.68 Å². The number of benzene rings is 1. The molecule has 3 rings (SSSR count). The fraction of sp³-hybridized carbons (Fsp3) is 0.533. The lowest BCUT2D eigenvalue weighted by molar-refractivity contribution is 0.185. The van der Waals surface area contributed by atoms with E-state index in [-0.39, 0.29) is 11.9 Å². The Balaban J connectivity index is 1.91. The van der Waals surface area contributed by atoms with E-state index in [0.717, 1.165) is 25.7 Å². The highest BCUT2D eigenvalue weighted by molar-refractivity contribution is 5.71. The first-order valence-electron chi connectivity index (χ1n) is 7.29. The molecule has 0 radical (unpaired) electrons.